The van der Waals surface area contributed by atoms with E-state index in [2.05, 4.69) is 27.5 Å². The minimum atomic E-state index is -1.15. The highest BCUT2D eigenvalue weighted by Crippen LogP contribution is 2.27. The van der Waals surface area contributed by atoms with Gasteiger partial charge in [-0.25, -0.2) is 0 Å². The van der Waals surface area contributed by atoms with Crippen molar-refractivity contribution in [2.45, 2.75) is 63.5 Å². The number of carbonyl (C=O) groups excluding carboxylic acids is 4. The summed E-state index contributed by atoms with van der Waals surface area (Å²) in [7, 11) is 0. The number of nitrogen functional groups attached to an aromatic ring is 1. The zero-order valence-electron chi connectivity index (χ0n) is 23.4. The molecule has 0 aliphatic heterocycles. The molecule has 0 radical (unpaired) electrons. The Kier molecular flexibility index (Phi) is 13.3. The molecule has 224 valence electrons. The van der Waals surface area contributed by atoms with Crippen LogP contribution < -0.4 is 38.9 Å². The number of amidine groups is 1. The normalized spacial score (nSPS) is 15.4. The third-order valence-corrected chi connectivity index (χ3v) is 7.07. The van der Waals surface area contributed by atoms with Gasteiger partial charge in [-0.3, -0.25) is 29.6 Å². The third-order valence-electron chi connectivity index (χ3n) is 7.07. The van der Waals surface area contributed by atoms with Gasteiger partial charge in [0.2, 0.25) is 23.6 Å². The molecule has 2 rings (SSSR count). The first-order valence-electron chi connectivity index (χ1n) is 13.8. The number of hydrogen-bond acceptors (Lipinski definition) is 6. The van der Waals surface area contributed by atoms with Crippen LogP contribution in [0, 0.1) is 17.2 Å². The van der Waals surface area contributed by atoms with E-state index in [0.29, 0.717) is 30.4 Å². The second-order valence-electron chi connectivity index (χ2n) is 10.2. The average molecular weight is 570 g/mol. The quantitative estimate of drug-likeness (QED) is 0.0426. The lowest BCUT2D eigenvalue weighted by molar-refractivity contribution is -0.138. The second-order valence-corrected chi connectivity index (χ2v) is 10.2. The molecule has 1 aliphatic carbocycles. The van der Waals surface area contributed by atoms with E-state index in [9.17, 15) is 19.2 Å². The highest BCUT2D eigenvalue weighted by molar-refractivity contribution is 6.02. The van der Waals surface area contributed by atoms with Gasteiger partial charge in [-0.1, -0.05) is 49.6 Å². The van der Waals surface area contributed by atoms with Crippen LogP contribution in [-0.4, -0.2) is 60.6 Å². The van der Waals surface area contributed by atoms with Crippen molar-refractivity contribution in [3.05, 3.63) is 48.0 Å². The third kappa shape index (κ3) is 10.9. The molecule has 13 nitrogen and oxygen atoms in total. The Bertz CT molecular complexity index is 1110. The van der Waals surface area contributed by atoms with Crippen molar-refractivity contribution < 1.29 is 19.2 Å². The largest absolute Gasteiger partial charge is 0.384 e. The summed E-state index contributed by atoms with van der Waals surface area (Å²) < 4.78 is 0. The van der Waals surface area contributed by atoms with E-state index >= 15 is 0 Å². The number of primary amides is 1. The number of hydrogen-bond donors (Lipinski definition) is 8. The Hall–Kier alpha value is -4.42. The first-order valence-corrected chi connectivity index (χ1v) is 13.8. The zero-order valence-corrected chi connectivity index (χ0v) is 23.4. The smallest absolute Gasteiger partial charge is 0.243 e. The molecule has 2 unspecified atom stereocenters. The van der Waals surface area contributed by atoms with Gasteiger partial charge in [-0.15, -0.1) is 6.58 Å². The molecule has 41 heavy (non-hydrogen) atoms. The molecule has 1 saturated carbocycles. The predicted octanol–water partition coefficient (Wildman–Crippen LogP) is -0.480. The van der Waals surface area contributed by atoms with Crippen LogP contribution >= 0.6 is 0 Å². The van der Waals surface area contributed by atoms with E-state index in [1.807, 2.05) is 0 Å². The van der Waals surface area contributed by atoms with Crippen LogP contribution in [0.25, 0.3) is 0 Å². The van der Waals surface area contributed by atoms with E-state index in [4.69, 9.17) is 28.3 Å². The van der Waals surface area contributed by atoms with Gasteiger partial charge in [-0.05, 0) is 43.6 Å². The Morgan fingerprint density at radius 3 is 2.20 bits per heavy atom. The lowest BCUT2D eigenvalue weighted by Crippen LogP contribution is -2.57. The van der Waals surface area contributed by atoms with Crippen molar-refractivity contribution in [3.63, 3.8) is 0 Å². The summed E-state index contributed by atoms with van der Waals surface area (Å²) in [5.41, 5.74) is 22.9. The van der Waals surface area contributed by atoms with Crippen molar-refractivity contribution in [1.29, 1.82) is 5.41 Å². The lowest BCUT2D eigenvalue weighted by atomic mass is 9.83. The Morgan fingerprint density at radius 1 is 0.976 bits per heavy atom. The minimum absolute atomic E-state index is 0.0563. The van der Waals surface area contributed by atoms with Crippen molar-refractivity contribution >= 4 is 35.4 Å². The summed E-state index contributed by atoms with van der Waals surface area (Å²) in [6, 6.07) is 4.74. The zero-order chi connectivity index (χ0) is 30.4. The molecule has 1 fully saturated rings. The van der Waals surface area contributed by atoms with Gasteiger partial charge < -0.3 is 38.9 Å². The molecular weight excluding hydrogens is 526 g/mol. The molecule has 13 heteroatoms. The number of carbonyl (C=O) groups is 4. The number of nitrogens with two attached hydrogens (primary N) is 4. The molecule has 1 aliphatic rings. The van der Waals surface area contributed by atoms with Gasteiger partial charge in [0.1, 0.15) is 23.8 Å². The number of amides is 4. The molecule has 0 spiro atoms. The molecule has 0 saturated heterocycles. The Balaban J connectivity index is 2.25. The summed E-state index contributed by atoms with van der Waals surface area (Å²) in [5, 5.41) is 15.8. The van der Waals surface area contributed by atoms with Gasteiger partial charge in [0.15, 0.2) is 5.96 Å². The summed E-state index contributed by atoms with van der Waals surface area (Å²) in [5.74, 6) is -3.88. The Morgan fingerprint density at radius 2 is 1.63 bits per heavy atom. The fourth-order valence-corrected chi connectivity index (χ4v) is 4.83. The number of guanidine groups is 1. The van der Waals surface area contributed by atoms with Gasteiger partial charge >= 0.3 is 0 Å². The molecule has 0 aromatic heterocycles. The van der Waals surface area contributed by atoms with E-state index in [0.717, 1.165) is 19.3 Å². The average Bonchev–Trinajstić information content (AvgIpc) is 2.95. The predicted molar refractivity (Wildman–Crippen MR) is 157 cm³/mol. The van der Waals surface area contributed by atoms with E-state index in [1.54, 1.807) is 24.3 Å². The molecule has 12 N–H and O–H groups in total. The van der Waals surface area contributed by atoms with E-state index in [1.165, 1.54) is 6.08 Å². The Labute approximate surface area is 240 Å². The van der Waals surface area contributed by atoms with Crippen LogP contribution in [0.5, 0.6) is 0 Å². The van der Waals surface area contributed by atoms with Gasteiger partial charge in [0.25, 0.3) is 0 Å². The number of nitrogens with zero attached hydrogens (tertiary/aromatic N) is 1. The number of benzene rings is 1. The maximum atomic E-state index is 13.6. The van der Waals surface area contributed by atoms with Crippen LogP contribution in [0.4, 0.5) is 0 Å². The van der Waals surface area contributed by atoms with Crippen LogP contribution in [0.3, 0.4) is 0 Å². The van der Waals surface area contributed by atoms with Gasteiger partial charge in [-0.2, -0.15) is 0 Å². The SMILES string of the molecule is C=CCNC(=O)C(Cc1ccc(C(=N)N)cc1)C(=O)N[C@H](C(=O)NC(CCCN=C(N)N)C(N)=O)C1CCCCC1. The van der Waals surface area contributed by atoms with Crippen molar-refractivity contribution in [1.82, 2.24) is 16.0 Å². The van der Waals surface area contributed by atoms with Crippen molar-refractivity contribution in [2.24, 2.45) is 39.8 Å². The molecule has 4 amide bonds. The standard InChI is InChI=1S/C28H43N9O4/c1-2-14-34-25(39)20(16-17-10-12-19(13-11-17)23(29)30)26(40)37-22(18-7-4-3-5-8-18)27(41)36-21(24(31)38)9-6-15-35-28(32)33/h2,10-13,18,20-22H,1,3-9,14-16H2,(H3,29,30)(H2,31,38)(H,34,39)(H,36,41)(H,37,40)(H4,32,33,35)/t20?,21?,22-/m0/s1. The summed E-state index contributed by atoms with van der Waals surface area (Å²) >= 11 is 0. The van der Waals surface area contributed by atoms with Crippen LogP contribution in [0.2, 0.25) is 0 Å². The van der Waals surface area contributed by atoms with Crippen LogP contribution in [0.15, 0.2) is 41.9 Å². The molecule has 0 heterocycles. The second kappa shape index (κ2) is 16.6. The summed E-state index contributed by atoms with van der Waals surface area (Å²) in [6.45, 7) is 4.03. The van der Waals surface area contributed by atoms with Gasteiger partial charge in [0.05, 0.1) is 0 Å². The number of rotatable bonds is 16. The topological polar surface area (TPSA) is 245 Å². The molecule has 1 aromatic rings. The van der Waals surface area contributed by atoms with E-state index < -0.39 is 41.6 Å². The lowest BCUT2D eigenvalue weighted by Gasteiger charge is -2.32. The molecule has 0 bridgehead atoms. The fraction of sp³-hybridized carbons (Fsp3) is 0.500. The first-order chi connectivity index (χ1) is 19.5. The van der Waals surface area contributed by atoms with Crippen molar-refractivity contribution in [2.75, 3.05) is 13.1 Å². The van der Waals surface area contributed by atoms with Crippen LogP contribution in [0.1, 0.15) is 56.1 Å². The number of aliphatic imine (C=N–C) groups is 1. The highest BCUT2D eigenvalue weighted by atomic mass is 16.2. The summed E-state index contributed by atoms with van der Waals surface area (Å²) in [4.78, 5) is 56.2. The fourth-order valence-electron chi connectivity index (χ4n) is 4.83. The first kappa shape index (κ1) is 32.8. The number of nitrogens with one attached hydrogen (secondary N) is 4. The highest BCUT2D eigenvalue weighted by Gasteiger charge is 2.36. The van der Waals surface area contributed by atoms with E-state index in [-0.39, 0.29) is 43.6 Å². The van der Waals surface area contributed by atoms with Gasteiger partial charge in [0, 0.05) is 18.7 Å². The maximum absolute atomic E-state index is 13.6. The maximum Gasteiger partial charge on any atom is 0.243 e. The molecule has 1 aromatic carbocycles. The van der Waals surface area contributed by atoms with Crippen molar-refractivity contribution in [3.8, 4) is 0 Å². The monoisotopic (exact) mass is 569 g/mol. The molecular formula is C28H43N9O4. The minimum Gasteiger partial charge on any atom is -0.384 e. The summed E-state index contributed by atoms with van der Waals surface area (Å²) in [6.07, 6.45) is 6.42. The molecule has 3 atom stereocenters. The van der Waals surface area contributed by atoms with Crippen LogP contribution in [-0.2, 0) is 25.6 Å².